The third-order valence-corrected chi connectivity index (χ3v) is 4.63. The molecule has 0 radical (unpaired) electrons. The number of carbonyl (C=O) groups excluding carboxylic acids is 1. The number of hydrogen-bond donors (Lipinski definition) is 1. The van der Waals surface area contributed by atoms with Gasteiger partial charge in [0.1, 0.15) is 0 Å². The first-order valence-corrected chi connectivity index (χ1v) is 9.10. The molecule has 1 aromatic carbocycles. The number of nitrogens with zero attached hydrogens (tertiary/aromatic N) is 2. The highest BCUT2D eigenvalue weighted by Crippen LogP contribution is 2.38. The molecule has 0 aliphatic rings. The fraction of sp³-hybridized carbons (Fsp3) is 0.429. The molecule has 2 amide bonds. The zero-order valence-corrected chi connectivity index (χ0v) is 17.4. The Morgan fingerprint density at radius 3 is 2.32 bits per heavy atom. The van der Waals surface area contributed by atoms with Crippen molar-refractivity contribution in [2.45, 2.75) is 32.9 Å². The molecule has 0 spiro atoms. The van der Waals surface area contributed by atoms with E-state index >= 15 is 0 Å². The molecule has 7 heteroatoms. The van der Waals surface area contributed by atoms with Crippen LogP contribution in [0.2, 0.25) is 0 Å². The SMILES string of the molecule is COc1cc(CNC(=O)N(C)[C@H](C)Cc2cc(C)ccn2)cc(OC)c1OC. The smallest absolute Gasteiger partial charge is 0.317 e. The molecular weight excluding hydrogens is 358 g/mol. The Labute approximate surface area is 166 Å². The summed E-state index contributed by atoms with van der Waals surface area (Å²) in [5.41, 5.74) is 2.98. The first-order valence-electron chi connectivity index (χ1n) is 9.10. The fourth-order valence-electron chi connectivity index (χ4n) is 2.89. The second-order valence-electron chi connectivity index (χ2n) is 6.68. The van der Waals surface area contributed by atoms with Crippen molar-refractivity contribution in [3.05, 3.63) is 47.3 Å². The Bertz CT molecular complexity index is 785. The van der Waals surface area contributed by atoms with Crippen LogP contribution < -0.4 is 19.5 Å². The van der Waals surface area contributed by atoms with Gasteiger partial charge in [-0.05, 0) is 49.2 Å². The van der Waals surface area contributed by atoms with E-state index in [1.54, 1.807) is 39.5 Å². The van der Waals surface area contributed by atoms with Crippen molar-refractivity contribution in [3.8, 4) is 17.2 Å². The highest BCUT2D eigenvalue weighted by molar-refractivity contribution is 5.74. The zero-order valence-electron chi connectivity index (χ0n) is 17.4. The fourth-order valence-corrected chi connectivity index (χ4v) is 2.89. The normalized spacial score (nSPS) is 11.5. The van der Waals surface area contributed by atoms with E-state index in [1.807, 2.05) is 38.1 Å². The number of likely N-dealkylation sites (N-methyl/N-ethyl adjacent to an activating group) is 1. The van der Waals surface area contributed by atoms with Gasteiger partial charge >= 0.3 is 6.03 Å². The third kappa shape index (κ3) is 5.28. The molecule has 0 saturated carbocycles. The number of amides is 2. The molecule has 2 aromatic rings. The lowest BCUT2D eigenvalue weighted by Crippen LogP contribution is -2.43. The van der Waals surface area contributed by atoms with E-state index in [9.17, 15) is 4.79 Å². The van der Waals surface area contributed by atoms with Crippen LogP contribution in [-0.2, 0) is 13.0 Å². The van der Waals surface area contributed by atoms with Gasteiger partial charge < -0.3 is 24.4 Å². The Morgan fingerprint density at radius 2 is 1.79 bits per heavy atom. The Kier molecular flexibility index (Phi) is 7.49. The van der Waals surface area contributed by atoms with Gasteiger partial charge in [-0.2, -0.15) is 0 Å². The lowest BCUT2D eigenvalue weighted by atomic mass is 10.1. The van der Waals surface area contributed by atoms with Crippen LogP contribution >= 0.6 is 0 Å². The number of aromatic nitrogens is 1. The number of hydrogen-bond acceptors (Lipinski definition) is 5. The van der Waals surface area contributed by atoms with Crippen molar-refractivity contribution in [1.82, 2.24) is 15.2 Å². The third-order valence-electron chi connectivity index (χ3n) is 4.63. The molecule has 1 atom stereocenters. The maximum absolute atomic E-state index is 12.6. The summed E-state index contributed by atoms with van der Waals surface area (Å²) in [7, 11) is 6.47. The van der Waals surface area contributed by atoms with Crippen molar-refractivity contribution in [3.63, 3.8) is 0 Å². The first kappa shape index (κ1) is 21.3. The van der Waals surface area contributed by atoms with Crippen molar-refractivity contribution < 1.29 is 19.0 Å². The molecule has 0 aliphatic heterocycles. The van der Waals surface area contributed by atoms with Crippen LogP contribution in [0, 0.1) is 6.92 Å². The van der Waals surface area contributed by atoms with Crippen LogP contribution in [0.4, 0.5) is 4.79 Å². The summed E-state index contributed by atoms with van der Waals surface area (Å²) in [6.45, 7) is 4.38. The number of benzene rings is 1. The molecule has 2 rings (SSSR count). The molecule has 0 unspecified atom stereocenters. The number of urea groups is 1. The molecule has 0 bridgehead atoms. The lowest BCUT2D eigenvalue weighted by Gasteiger charge is -2.25. The van der Waals surface area contributed by atoms with Crippen molar-refractivity contribution in [1.29, 1.82) is 0 Å². The maximum atomic E-state index is 12.6. The van der Waals surface area contributed by atoms with Gasteiger partial charge in [-0.25, -0.2) is 4.79 Å². The second kappa shape index (κ2) is 9.82. The molecule has 28 heavy (non-hydrogen) atoms. The topological polar surface area (TPSA) is 72.9 Å². The average molecular weight is 387 g/mol. The summed E-state index contributed by atoms with van der Waals surface area (Å²) in [4.78, 5) is 18.6. The molecule has 1 aromatic heterocycles. The Hall–Kier alpha value is -2.96. The Balaban J connectivity index is 2.00. The number of nitrogens with one attached hydrogen (secondary N) is 1. The van der Waals surface area contributed by atoms with E-state index in [0.29, 0.717) is 30.2 Å². The van der Waals surface area contributed by atoms with Gasteiger partial charge in [0.2, 0.25) is 5.75 Å². The predicted octanol–water partition coefficient (Wildman–Crippen LogP) is 3.19. The summed E-state index contributed by atoms with van der Waals surface area (Å²) in [6.07, 6.45) is 2.48. The summed E-state index contributed by atoms with van der Waals surface area (Å²) in [5.74, 6) is 1.63. The van der Waals surface area contributed by atoms with Crippen LogP contribution in [0.5, 0.6) is 17.2 Å². The summed E-state index contributed by atoms with van der Waals surface area (Å²) < 4.78 is 16.0. The van der Waals surface area contributed by atoms with E-state index in [2.05, 4.69) is 10.3 Å². The molecule has 0 saturated heterocycles. The van der Waals surface area contributed by atoms with Gasteiger partial charge in [0.25, 0.3) is 0 Å². The number of ether oxygens (including phenoxy) is 3. The Morgan fingerprint density at radius 1 is 1.14 bits per heavy atom. The number of aryl methyl sites for hydroxylation is 1. The minimum atomic E-state index is -0.158. The maximum Gasteiger partial charge on any atom is 0.317 e. The molecule has 0 fully saturated rings. The highest BCUT2D eigenvalue weighted by atomic mass is 16.5. The van der Waals surface area contributed by atoms with E-state index in [4.69, 9.17) is 14.2 Å². The quantitative estimate of drug-likeness (QED) is 0.753. The summed E-state index contributed by atoms with van der Waals surface area (Å²) in [6, 6.07) is 7.49. The van der Waals surface area contributed by atoms with Gasteiger partial charge in [0.15, 0.2) is 11.5 Å². The van der Waals surface area contributed by atoms with Crippen molar-refractivity contribution in [2.75, 3.05) is 28.4 Å². The van der Waals surface area contributed by atoms with Gasteiger partial charge in [0, 0.05) is 37.9 Å². The minimum absolute atomic E-state index is 0.00856. The van der Waals surface area contributed by atoms with Crippen LogP contribution in [0.15, 0.2) is 30.5 Å². The monoisotopic (exact) mass is 387 g/mol. The molecule has 152 valence electrons. The van der Waals surface area contributed by atoms with Crippen LogP contribution in [0.25, 0.3) is 0 Å². The average Bonchev–Trinajstić information content (AvgIpc) is 2.70. The first-order chi connectivity index (χ1) is 13.4. The predicted molar refractivity (Wildman–Crippen MR) is 108 cm³/mol. The lowest BCUT2D eigenvalue weighted by molar-refractivity contribution is 0.193. The van der Waals surface area contributed by atoms with Crippen LogP contribution in [0.1, 0.15) is 23.7 Å². The van der Waals surface area contributed by atoms with Crippen molar-refractivity contribution >= 4 is 6.03 Å². The number of rotatable bonds is 8. The molecule has 1 N–H and O–H groups in total. The van der Waals surface area contributed by atoms with Gasteiger partial charge in [-0.3, -0.25) is 4.98 Å². The van der Waals surface area contributed by atoms with Crippen LogP contribution in [0.3, 0.4) is 0 Å². The minimum Gasteiger partial charge on any atom is -0.493 e. The molecule has 1 heterocycles. The van der Waals surface area contributed by atoms with E-state index in [1.165, 1.54) is 0 Å². The van der Waals surface area contributed by atoms with E-state index < -0.39 is 0 Å². The number of pyridine rings is 1. The highest BCUT2D eigenvalue weighted by Gasteiger charge is 2.18. The molecule has 7 nitrogen and oxygen atoms in total. The summed E-state index contributed by atoms with van der Waals surface area (Å²) >= 11 is 0. The van der Waals surface area contributed by atoms with Gasteiger partial charge in [-0.15, -0.1) is 0 Å². The zero-order chi connectivity index (χ0) is 20.7. The van der Waals surface area contributed by atoms with Crippen molar-refractivity contribution in [2.24, 2.45) is 0 Å². The molecule has 0 aliphatic carbocycles. The summed E-state index contributed by atoms with van der Waals surface area (Å²) in [5, 5.41) is 2.93. The van der Waals surface area contributed by atoms with Gasteiger partial charge in [0.05, 0.1) is 21.3 Å². The second-order valence-corrected chi connectivity index (χ2v) is 6.68. The number of methoxy groups -OCH3 is 3. The molecular formula is C21H29N3O4. The standard InChI is InChI=1S/C21H29N3O4/c1-14-7-8-22-17(9-14)10-15(2)24(3)21(25)23-13-16-11-18(26-4)20(28-6)19(12-16)27-5/h7-9,11-12,15H,10,13H2,1-6H3,(H,23,25)/t15-/m1/s1. The number of carbonyl (C=O) groups is 1. The van der Waals surface area contributed by atoms with Crippen LogP contribution in [-0.4, -0.2) is 50.3 Å². The van der Waals surface area contributed by atoms with E-state index in [-0.39, 0.29) is 12.1 Å². The largest absolute Gasteiger partial charge is 0.493 e. The van der Waals surface area contributed by atoms with Gasteiger partial charge in [-0.1, -0.05) is 0 Å². The van der Waals surface area contributed by atoms with E-state index in [0.717, 1.165) is 16.8 Å².